The van der Waals surface area contributed by atoms with E-state index in [2.05, 4.69) is 23.9 Å². The van der Waals surface area contributed by atoms with Gasteiger partial charge in [-0.3, -0.25) is 4.68 Å². The molecular weight excluding hydrogens is 190 g/mol. The number of nitrogens with zero attached hydrogens (tertiary/aromatic N) is 3. The van der Waals surface area contributed by atoms with E-state index in [1.807, 2.05) is 7.05 Å². The Morgan fingerprint density at radius 1 is 1.60 bits per heavy atom. The summed E-state index contributed by atoms with van der Waals surface area (Å²) >= 11 is 0. The van der Waals surface area contributed by atoms with Gasteiger partial charge in [0.2, 0.25) is 0 Å². The lowest BCUT2D eigenvalue weighted by Gasteiger charge is -2.45. The molecule has 1 fully saturated rings. The van der Waals surface area contributed by atoms with Gasteiger partial charge in [-0.15, -0.1) is 0 Å². The van der Waals surface area contributed by atoms with Crippen molar-refractivity contribution in [3.8, 4) is 0 Å². The molecule has 84 valence electrons. The molecule has 4 heteroatoms. The fraction of sp³-hybridized carbons (Fsp3) is 0.818. The van der Waals surface area contributed by atoms with Crippen LogP contribution in [0.15, 0.2) is 6.33 Å². The summed E-state index contributed by atoms with van der Waals surface area (Å²) in [6.07, 6.45) is 3.97. The Kier molecular flexibility index (Phi) is 2.54. The second-order valence-corrected chi connectivity index (χ2v) is 5.11. The van der Waals surface area contributed by atoms with Crippen LogP contribution in [0.3, 0.4) is 0 Å². The van der Waals surface area contributed by atoms with Gasteiger partial charge in [-0.1, -0.05) is 13.8 Å². The van der Waals surface area contributed by atoms with E-state index in [-0.39, 0.29) is 0 Å². The Hall–Kier alpha value is -0.900. The van der Waals surface area contributed by atoms with Crippen LogP contribution in [0.2, 0.25) is 0 Å². The largest absolute Gasteiger partial charge is 0.389 e. The van der Waals surface area contributed by atoms with Crippen LogP contribution in [0.1, 0.15) is 32.5 Å². The minimum Gasteiger partial charge on any atom is -0.389 e. The van der Waals surface area contributed by atoms with Gasteiger partial charge in [-0.05, 0) is 24.7 Å². The second-order valence-electron chi connectivity index (χ2n) is 5.11. The summed E-state index contributed by atoms with van der Waals surface area (Å²) < 4.78 is 1.74. The molecule has 0 spiro atoms. The average Bonchev–Trinajstić information content (AvgIpc) is 2.47. The van der Waals surface area contributed by atoms with Crippen LogP contribution in [-0.4, -0.2) is 25.5 Å². The predicted octanol–water partition coefficient (Wildman–Crippen LogP) is 1.15. The van der Waals surface area contributed by atoms with Gasteiger partial charge < -0.3 is 5.11 Å². The monoisotopic (exact) mass is 209 g/mol. The van der Waals surface area contributed by atoms with E-state index in [9.17, 15) is 5.11 Å². The first kappa shape index (κ1) is 10.6. The molecule has 0 aliphatic heterocycles. The van der Waals surface area contributed by atoms with E-state index in [0.29, 0.717) is 18.3 Å². The van der Waals surface area contributed by atoms with Crippen molar-refractivity contribution < 1.29 is 5.11 Å². The standard InChI is InChI=1S/C11H19N3O/c1-8(2)9-4-11(15,5-9)6-10-12-7-13-14(10)3/h7-9,15H,4-6H2,1-3H3. The molecule has 2 rings (SSSR count). The minimum absolute atomic E-state index is 0.532. The van der Waals surface area contributed by atoms with Gasteiger partial charge in [-0.25, -0.2) is 4.98 Å². The molecule has 0 aromatic carbocycles. The molecule has 0 atom stereocenters. The number of hydrogen-bond donors (Lipinski definition) is 1. The van der Waals surface area contributed by atoms with Gasteiger partial charge in [0, 0.05) is 13.5 Å². The molecule has 0 unspecified atom stereocenters. The molecule has 0 amide bonds. The number of rotatable bonds is 3. The van der Waals surface area contributed by atoms with Crippen LogP contribution in [0.4, 0.5) is 0 Å². The molecular formula is C11H19N3O. The van der Waals surface area contributed by atoms with Crippen molar-refractivity contribution in [3.05, 3.63) is 12.2 Å². The third-order valence-corrected chi connectivity index (χ3v) is 3.52. The lowest BCUT2D eigenvalue weighted by atomic mass is 9.65. The van der Waals surface area contributed by atoms with Crippen LogP contribution in [0, 0.1) is 11.8 Å². The molecule has 1 heterocycles. The third-order valence-electron chi connectivity index (χ3n) is 3.52. The highest BCUT2D eigenvalue weighted by molar-refractivity contribution is 5.02. The summed E-state index contributed by atoms with van der Waals surface area (Å²) in [7, 11) is 1.87. The van der Waals surface area contributed by atoms with Gasteiger partial charge in [0.15, 0.2) is 0 Å². The zero-order valence-electron chi connectivity index (χ0n) is 9.64. The van der Waals surface area contributed by atoms with Crippen LogP contribution in [-0.2, 0) is 13.5 Å². The van der Waals surface area contributed by atoms with Gasteiger partial charge in [-0.2, -0.15) is 5.10 Å². The number of hydrogen-bond acceptors (Lipinski definition) is 3. The van der Waals surface area contributed by atoms with E-state index in [0.717, 1.165) is 18.7 Å². The molecule has 1 saturated carbocycles. The lowest BCUT2D eigenvalue weighted by Crippen LogP contribution is -2.47. The Labute approximate surface area is 90.3 Å². The van der Waals surface area contributed by atoms with E-state index in [1.165, 1.54) is 6.33 Å². The summed E-state index contributed by atoms with van der Waals surface area (Å²) in [5.74, 6) is 2.22. The van der Waals surface area contributed by atoms with Crippen molar-refractivity contribution in [3.63, 3.8) is 0 Å². The molecule has 1 aromatic rings. The fourth-order valence-electron chi connectivity index (χ4n) is 2.31. The quantitative estimate of drug-likeness (QED) is 0.812. The Bertz CT molecular complexity index is 339. The van der Waals surface area contributed by atoms with Crippen molar-refractivity contribution in [2.75, 3.05) is 0 Å². The maximum absolute atomic E-state index is 10.2. The molecule has 0 radical (unpaired) electrons. The van der Waals surface area contributed by atoms with E-state index < -0.39 is 5.60 Å². The van der Waals surface area contributed by atoms with E-state index in [4.69, 9.17) is 0 Å². The van der Waals surface area contributed by atoms with Crippen molar-refractivity contribution in [2.45, 2.75) is 38.7 Å². The average molecular weight is 209 g/mol. The van der Waals surface area contributed by atoms with Gasteiger partial charge >= 0.3 is 0 Å². The van der Waals surface area contributed by atoms with Crippen LogP contribution in [0.5, 0.6) is 0 Å². The third kappa shape index (κ3) is 2.04. The highest BCUT2D eigenvalue weighted by Gasteiger charge is 2.44. The predicted molar refractivity (Wildman–Crippen MR) is 57.2 cm³/mol. The zero-order chi connectivity index (χ0) is 11.1. The van der Waals surface area contributed by atoms with Gasteiger partial charge in [0.1, 0.15) is 12.2 Å². The summed E-state index contributed by atoms with van der Waals surface area (Å²) in [4.78, 5) is 4.14. The van der Waals surface area contributed by atoms with Crippen LogP contribution in [0.25, 0.3) is 0 Å². The highest BCUT2D eigenvalue weighted by Crippen LogP contribution is 2.43. The molecule has 0 bridgehead atoms. The maximum Gasteiger partial charge on any atom is 0.138 e. The molecule has 15 heavy (non-hydrogen) atoms. The first-order valence-corrected chi connectivity index (χ1v) is 5.55. The fourth-order valence-corrected chi connectivity index (χ4v) is 2.31. The highest BCUT2D eigenvalue weighted by atomic mass is 16.3. The number of aromatic nitrogens is 3. The molecule has 1 aromatic heterocycles. The maximum atomic E-state index is 10.2. The number of aryl methyl sites for hydroxylation is 1. The normalized spacial score (nSPS) is 30.6. The number of aliphatic hydroxyl groups is 1. The first-order chi connectivity index (χ1) is 7.00. The topological polar surface area (TPSA) is 50.9 Å². The van der Waals surface area contributed by atoms with Crippen LogP contribution >= 0.6 is 0 Å². The van der Waals surface area contributed by atoms with E-state index >= 15 is 0 Å². The summed E-state index contributed by atoms with van der Waals surface area (Å²) in [6.45, 7) is 4.43. The summed E-state index contributed by atoms with van der Waals surface area (Å²) in [6, 6.07) is 0. The zero-order valence-corrected chi connectivity index (χ0v) is 9.64. The summed E-state index contributed by atoms with van der Waals surface area (Å²) in [5.41, 5.74) is -0.532. The van der Waals surface area contributed by atoms with Gasteiger partial charge in [0.25, 0.3) is 0 Å². The molecule has 1 aliphatic carbocycles. The SMILES string of the molecule is CC(C)C1CC(O)(Cc2ncnn2C)C1. The van der Waals surface area contributed by atoms with Crippen molar-refractivity contribution in [1.82, 2.24) is 14.8 Å². The smallest absolute Gasteiger partial charge is 0.138 e. The van der Waals surface area contributed by atoms with Crippen molar-refractivity contribution >= 4 is 0 Å². The molecule has 1 N–H and O–H groups in total. The van der Waals surface area contributed by atoms with Crippen molar-refractivity contribution in [2.24, 2.45) is 18.9 Å². The second kappa shape index (κ2) is 3.59. The molecule has 4 nitrogen and oxygen atoms in total. The van der Waals surface area contributed by atoms with Gasteiger partial charge in [0.05, 0.1) is 5.60 Å². The van der Waals surface area contributed by atoms with E-state index in [1.54, 1.807) is 4.68 Å². The Balaban J connectivity index is 1.95. The minimum atomic E-state index is -0.532. The lowest BCUT2D eigenvalue weighted by molar-refractivity contribution is -0.0876. The molecule has 1 aliphatic rings. The van der Waals surface area contributed by atoms with Crippen LogP contribution < -0.4 is 0 Å². The first-order valence-electron chi connectivity index (χ1n) is 5.55. The van der Waals surface area contributed by atoms with Crippen molar-refractivity contribution in [1.29, 1.82) is 0 Å². The summed E-state index contributed by atoms with van der Waals surface area (Å²) in [5, 5.41) is 14.3. The molecule has 0 saturated heterocycles. The Morgan fingerprint density at radius 3 is 2.73 bits per heavy atom. The Morgan fingerprint density at radius 2 is 2.27 bits per heavy atom.